The molecule has 0 N–H and O–H groups in total. The summed E-state index contributed by atoms with van der Waals surface area (Å²) in [4.78, 5) is 11.9. The first-order valence-electron chi connectivity index (χ1n) is 6.21. The molecule has 1 heterocycles. The fourth-order valence-corrected chi connectivity index (χ4v) is 2.08. The van der Waals surface area contributed by atoms with E-state index in [9.17, 15) is 4.79 Å². The normalized spacial score (nSPS) is 9.95. The predicted molar refractivity (Wildman–Crippen MR) is 76.8 cm³/mol. The minimum Gasteiger partial charge on any atom is -0.494 e. The molecule has 1 radical (unpaired) electrons. The minimum atomic E-state index is -0.188. The van der Waals surface area contributed by atoms with Crippen molar-refractivity contribution < 1.29 is 37.4 Å². The molecule has 0 saturated carbocycles. The molecule has 1 aromatic carbocycles. The Bertz CT molecular complexity index is 623. The second kappa shape index (κ2) is 7.97. The van der Waals surface area contributed by atoms with E-state index in [0.717, 1.165) is 17.0 Å². The molecule has 2 aromatic rings. The van der Waals surface area contributed by atoms with Crippen molar-refractivity contribution >= 4 is 11.6 Å². The van der Waals surface area contributed by atoms with Gasteiger partial charge in [-0.05, 0) is 26.0 Å². The van der Waals surface area contributed by atoms with E-state index in [-0.39, 0.29) is 43.3 Å². The summed E-state index contributed by atoms with van der Waals surface area (Å²) in [7, 11) is 0. The van der Waals surface area contributed by atoms with Crippen LogP contribution in [0, 0.1) is 6.07 Å². The van der Waals surface area contributed by atoms with Gasteiger partial charge in [0.1, 0.15) is 5.75 Å². The van der Waals surface area contributed by atoms with Crippen molar-refractivity contribution in [1.29, 1.82) is 0 Å². The molecular weight excluding hydrogens is 351 g/mol. The maximum Gasteiger partial charge on any atom is 0.212 e. The van der Waals surface area contributed by atoms with E-state index in [1.54, 1.807) is 4.57 Å². The van der Waals surface area contributed by atoms with Crippen LogP contribution in [0.1, 0.15) is 13.8 Å². The van der Waals surface area contributed by atoms with Crippen molar-refractivity contribution in [3.63, 3.8) is 0 Å². The Morgan fingerprint density at radius 3 is 2.45 bits per heavy atom. The molecule has 0 atom stereocenters. The maximum atomic E-state index is 11.9. The van der Waals surface area contributed by atoms with Crippen LogP contribution in [-0.2, 0) is 39.3 Å². The van der Waals surface area contributed by atoms with Crippen molar-refractivity contribution in [3.05, 3.63) is 51.8 Å². The molecule has 0 fully saturated rings. The van der Waals surface area contributed by atoms with E-state index >= 15 is 0 Å². The quantitative estimate of drug-likeness (QED) is 0.778. The number of ether oxygens (including phenoxy) is 1. The molecule has 0 amide bonds. The molecule has 0 saturated heterocycles. The van der Waals surface area contributed by atoms with Gasteiger partial charge < -0.3 is 9.30 Å². The molecule has 0 bridgehead atoms. The van der Waals surface area contributed by atoms with Crippen molar-refractivity contribution in [2.24, 2.45) is 0 Å². The van der Waals surface area contributed by atoms with Crippen molar-refractivity contribution in [2.75, 3.05) is 6.61 Å². The molecule has 0 aliphatic heterocycles. The third-order valence-electron chi connectivity index (χ3n) is 2.81. The second-order valence-corrected chi connectivity index (χ2v) is 4.40. The molecule has 0 aliphatic rings. The van der Waals surface area contributed by atoms with Crippen LogP contribution in [0.2, 0.25) is 5.02 Å². The van der Waals surface area contributed by atoms with Crippen molar-refractivity contribution in [2.45, 2.75) is 20.4 Å². The molecular formula is C15H15ClNO2Y-. The molecule has 3 nitrogen and oxygen atoms in total. The minimum absolute atomic E-state index is 0. The van der Waals surface area contributed by atoms with Gasteiger partial charge in [0.05, 0.1) is 6.61 Å². The summed E-state index contributed by atoms with van der Waals surface area (Å²) in [5.74, 6) is 0.811. The first kappa shape index (κ1) is 17.4. The molecule has 0 unspecified atom stereocenters. The molecule has 0 aliphatic carbocycles. The SMILES string of the molecule is CCOc1ccc(-c2[c-]cc(Cl)c(=O)n2CC)cc1.[Y]. The van der Waals surface area contributed by atoms with Gasteiger partial charge in [0.15, 0.2) is 0 Å². The van der Waals surface area contributed by atoms with Crippen LogP contribution < -0.4 is 10.3 Å². The Balaban J connectivity index is 0.00000200. The third-order valence-corrected chi connectivity index (χ3v) is 3.08. The Morgan fingerprint density at radius 2 is 1.90 bits per heavy atom. The van der Waals surface area contributed by atoms with E-state index in [2.05, 4.69) is 6.07 Å². The number of benzene rings is 1. The fourth-order valence-electron chi connectivity index (χ4n) is 1.92. The predicted octanol–water partition coefficient (Wildman–Crippen LogP) is 3.38. The number of aromatic nitrogens is 1. The maximum absolute atomic E-state index is 11.9. The number of rotatable bonds is 4. The van der Waals surface area contributed by atoms with Gasteiger partial charge in [0.25, 0.3) is 0 Å². The second-order valence-electron chi connectivity index (χ2n) is 3.99. The summed E-state index contributed by atoms with van der Waals surface area (Å²) in [5.41, 5.74) is 1.46. The van der Waals surface area contributed by atoms with Gasteiger partial charge >= 0.3 is 0 Å². The zero-order valence-corrected chi connectivity index (χ0v) is 15.1. The zero-order chi connectivity index (χ0) is 13.8. The van der Waals surface area contributed by atoms with E-state index < -0.39 is 0 Å². The standard InChI is InChI=1S/C15H15ClNO2.Y/c1-3-17-14(10-9-13(16)15(17)18)11-5-7-12(8-6-11)19-4-2;/h5-9H,3-4H2,1-2H3;/q-1;. The van der Waals surface area contributed by atoms with Gasteiger partial charge in [-0.2, -0.15) is 23.7 Å². The van der Waals surface area contributed by atoms with Crippen molar-refractivity contribution in [3.8, 4) is 17.0 Å². The monoisotopic (exact) mass is 365 g/mol. The summed E-state index contributed by atoms with van der Waals surface area (Å²) in [6, 6.07) is 12.2. The Hall–Kier alpha value is -0.636. The summed E-state index contributed by atoms with van der Waals surface area (Å²) in [6.45, 7) is 5.03. The first-order valence-corrected chi connectivity index (χ1v) is 6.59. The number of nitrogens with zero attached hydrogens (tertiary/aromatic N) is 1. The number of halogens is 1. The van der Waals surface area contributed by atoms with Crippen molar-refractivity contribution in [1.82, 2.24) is 4.57 Å². The molecule has 1 aromatic heterocycles. The van der Waals surface area contributed by atoms with E-state index in [4.69, 9.17) is 16.3 Å². The molecule has 2 rings (SSSR count). The smallest absolute Gasteiger partial charge is 0.212 e. The number of hydrogen-bond acceptors (Lipinski definition) is 2. The van der Waals surface area contributed by atoms with E-state index in [1.807, 2.05) is 38.1 Å². The van der Waals surface area contributed by atoms with Crippen LogP contribution in [0.3, 0.4) is 0 Å². The fraction of sp³-hybridized carbons (Fsp3) is 0.267. The summed E-state index contributed by atoms with van der Waals surface area (Å²) in [5, 5.41) is 0.191. The largest absolute Gasteiger partial charge is 0.494 e. The van der Waals surface area contributed by atoms with Crippen LogP contribution >= 0.6 is 11.6 Å². The Labute approximate surface area is 148 Å². The number of hydrogen-bond donors (Lipinski definition) is 0. The van der Waals surface area contributed by atoms with Crippen LogP contribution in [0.25, 0.3) is 11.3 Å². The topological polar surface area (TPSA) is 31.2 Å². The summed E-state index contributed by atoms with van der Waals surface area (Å²) >= 11 is 5.83. The van der Waals surface area contributed by atoms with E-state index in [0.29, 0.717) is 13.2 Å². The van der Waals surface area contributed by atoms with Crippen LogP contribution in [0.15, 0.2) is 35.1 Å². The Kier molecular flexibility index (Phi) is 6.94. The Morgan fingerprint density at radius 1 is 1.25 bits per heavy atom. The van der Waals surface area contributed by atoms with Crippen LogP contribution in [0.5, 0.6) is 5.75 Å². The zero-order valence-electron chi connectivity index (χ0n) is 11.5. The van der Waals surface area contributed by atoms with Gasteiger partial charge in [-0.1, -0.05) is 11.3 Å². The van der Waals surface area contributed by atoms with Gasteiger partial charge in [-0.25, -0.2) is 0 Å². The third kappa shape index (κ3) is 3.72. The number of pyridine rings is 1. The van der Waals surface area contributed by atoms with E-state index in [1.165, 1.54) is 6.07 Å². The van der Waals surface area contributed by atoms with Crippen LogP contribution in [-0.4, -0.2) is 11.2 Å². The van der Waals surface area contributed by atoms with Gasteiger partial charge in [-0.3, -0.25) is 4.79 Å². The summed E-state index contributed by atoms with van der Waals surface area (Å²) < 4.78 is 7.01. The molecule has 20 heavy (non-hydrogen) atoms. The first-order chi connectivity index (χ1) is 9.17. The average Bonchev–Trinajstić information content (AvgIpc) is 2.43. The summed E-state index contributed by atoms with van der Waals surface area (Å²) in [6.07, 6.45) is 0. The molecule has 0 spiro atoms. The van der Waals surface area contributed by atoms with Gasteiger partial charge in [-0.15, -0.1) is 12.1 Å². The molecule has 103 valence electrons. The average molecular weight is 366 g/mol. The van der Waals surface area contributed by atoms with Gasteiger partial charge in [0.2, 0.25) is 5.56 Å². The van der Waals surface area contributed by atoms with Crippen LogP contribution in [0.4, 0.5) is 0 Å². The molecule has 5 heteroatoms. The van der Waals surface area contributed by atoms with Gasteiger partial charge in [0, 0.05) is 44.3 Å².